The zero-order valence-electron chi connectivity index (χ0n) is 9.86. The third-order valence-electron chi connectivity index (χ3n) is 2.23. The van der Waals surface area contributed by atoms with E-state index in [1.165, 1.54) is 0 Å². The van der Waals surface area contributed by atoms with E-state index in [0.29, 0.717) is 12.3 Å². The van der Waals surface area contributed by atoms with E-state index in [9.17, 15) is 9.00 Å². The molecule has 0 spiro atoms. The molecule has 1 heterocycles. The van der Waals surface area contributed by atoms with Crippen LogP contribution in [0.15, 0.2) is 15.9 Å². The van der Waals surface area contributed by atoms with Crippen LogP contribution in [0.25, 0.3) is 0 Å². The zero-order chi connectivity index (χ0) is 12.8. The largest absolute Gasteiger partial charge is 0.355 e. The van der Waals surface area contributed by atoms with Gasteiger partial charge in [0.2, 0.25) is 5.91 Å². The summed E-state index contributed by atoms with van der Waals surface area (Å²) in [6, 6.07) is 3.86. The van der Waals surface area contributed by atoms with Crippen LogP contribution in [0.5, 0.6) is 0 Å². The molecule has 1 N–H and O–H groups in total. The highest BCUT2D eigenvalue weighted by atomic mass is 79.9. The van der Waals surface area contributed by atoms with Crippen LogP contribution in [-0.2, 0) is 21.3 Å². The maximum absolute atomic E-state index is 12.0. The van der Waals surface area contributed by atoms with Crippen LogP contribution in [0.4, 0.5) is 0 Å². The Morgan fingerprint density at radius 1 is 1.59 bits per heavy atom. The van der Waals surface area contributed by atoms with Crippen molar-refractivity contribution in [2.45, 2.75) is 31.3 Å². The van der Waals surface area contributed by atoms with Gasteiger partial charge in [-0.1, -0.05) is 6.92 Å². The van der Waals surface area contributed by atoms with Crippen molar-refractivity contribution in [1.82, 2.24) is 5.32 Å². The average molecular weight is 338 g/mol. The van der Waals surface area contributed by atoms with Gasteiger partial charge in [-0.2, -0.15) is 0 Å². The van der Waals surface area contributed by atoms with E-state index in [0.717, 1.165) is 15.1 Å². The van der Waals surface area contributed by atoms with Gasteiger partial charge in [-0.3, -0.25) is 9.00 Å². The summed E-state index contributed by atoms with van der Waals surface area (Å²) >= 11 is 4.92. The number of thiophene rings is 1. The lowest BCUT2D eigenvalue weighted by atomic mass is 10.4. The number of carbonyl (C=O) groups is 1. The van der Waals surface area contributed by atoms with Crippen LogP contribution in [0.2, 0.25) is 0 Å². The normalized spacial score (nSPS) is 14.3. The second-order valence-corrected chi connectivity index (χ2v) is 7.97. The number of hydrogen-bond donors (Lipinski definition) is 1. The molecule has 17 heavy (non-hydrogen) atoms. The molecule has 0 bridgehead atoms. The highest BCUT2D eigenvalue weighted by Crippen LogP contribution is 2.23. The summed E-state index contributed by atoms with van der Waals surface area (Å²) in [5.41, 5.74) is 0. The summed E-state index contributed by atoms with van der Waals surface area (Å²) < 4.78 is 13.0. The third kappa shape index (κ3) is 4.89. The topological polar surface area (TPSA) is 46.2 Å². The Labute approximate surface area is 117 Å². The number of hydrogen-bond acceptors (Lipinski definition) is 3. The van der Waals surface area contributed by atoms with Crippen molar-refractivity contribution in [2.24, 2.45) is 0 Å². The molecule has 6 heteroatoms. The van der Waals surface area contributed by atoms with E-state index in [4.69, 9.17) is 0 Å². The van der Waals surface area contributed by atoms with Gasteiger partial charge in [0.15, 0.2) is 0 Å². The Kier molecular flexibility index (Phi) is 6.37. The summed E-state index contributed by atoms with van der Waals surface area (Å²) in [7, 11) is -1.16. The van der Waals surface area contributed by atoms with Crippen LogP contribution >= 0.6 is 27.3 Å². The Morgan fingerprint density at radius 2 is 2.29 bits per heavy atom. The van der Waals surface area contributed by atoms with Crippen LogP contribution in [0, 0.1) is 0 Å². The number of halogens is 1. The van der Waals surface area contributed by atoms with Crippen molar-refractivity contribution in [3.8, 4) is 0 Å². The first-order valence-corrected chi connectivity index (χ1v) is 8.42. The van der Waals surface area contributed by atoms with Crippen LogP contribution < -0.4 is 5.32 Å². The second-order valence-electron chi connectivity index (χ2n) is 3.66. The highest BCUT2D eigenvalue weighted by molar-refractivity contribution is 9.11. The molecule has 1 aromatic heterocycles. The van der Waals surface area contributed by atoms with E-state index in [1.807, 2.05) is 19.1 Å². The van der Waals surface area contributed by atoms with E-state index in [-0.39, 0.29) is 5.91 Å². The Balaban J connectivity index is 2.49. The maximum atomic E-state index is 12.0. The fourth-order valence-corrected chi connectivity index (χ4v) is 4.02. The van der Waals surface area contributed by atoms with Gasteiger partial charge in [-0.05, 0) is 41.4 Å². The zero-order valence-corrected chi connectivity index (χ0v) is 13.1. The standard InChI is InChI=1S/C11H16BrNO2S2/c1-3-6-13-11(14)8(2)17(15)7-9-4-5-10(12)16-9/h4-5,8H,3,6-7H2,1-2H3,(H,13,14). The molecular weight excluding hydrogens is 322 g/mol. The van der Waals surface area contributed by atoms with Gasteiger partial charge in [0.25, 0.3) is 0 Å². The lowest BCUT2D eigenvalue weighted by Gasteiger charge is -2.10. The summed E-state index contributed by atoms with van der Waals surface area (Å²) in [5.74, 6) is 0.317. The summed E-state index contributed by atoms with van der Waals surface area (Å²) in [4.78, 5) is 12.7. The number of rotatable bonds is 6. The molecule has 0 aliphatic rings. The first kappa shape index (κ1) is 14.9. The first-order chi connectivity index (χ1) is 8.04. The summed E-state index contributed by atoms with van der Waals surface area (Å²) in [6.07, 6.45) is 0.892. The molecular formula is C11H16BrNO2S2. The SMILES string of the molecule is CCCNC(=O)C(C)S(=O)Cc1ccc(Br)s1. The van der Waals surface area contributed by atoms with Gasteiger partial charge in [-0.25, -0.2) is 0 Å². The van der Waals surface area contributed by atoms with Gasteiger partial charge < -0.3 is 5.32 Å². The molecule has 1 rings (SSSR count). The van der Waals surface area contributed by atoms with Gasteiger partial charge in [0.05, 0.1) is 9.54 Å². The average Bonchev–Trinajstić information content (AvgIpc) is 2.70. The maximum Gasteiger partial charge on any atom is 0.235 e. The molecule has 2 unspecified atom stereocenters. The Bertz CT molecular complexity index is 406. The fraction of sp³-hybridized carbons (Fsp3) is 0.545. The minimum absolute atomic E-state index is 0.124. The van der Waals surface area contributed by atoms with E-state index in [1.54, 1.807) is 18.3 Å². The molecule has 0 saturated heterocycles. The van der Waals surface area contributed by atoms with Crippen molar-refractivity contribution < 1.29 is 9.00 Å². The van der Waals surface area contributed by atoms with E-state index < -0.39 is 16.0 Å². The minimum Gasteiger partial charge on any atom is -0.355 e. The molecule has 0 aliphatic carbocycles. The Morgan fingerprint density at radius 3 is 2.82 bits per heavy atom. The molecule has 0 aliphatic heterocycles. The van der Waals surface area contributed by atoms with E-state index >= 15 is 0 Å². The number of nitrogens with one attached hydrogen (secondary N) is 1. The molecule has 1 amide bonds. The Hall–Kier alpha value is -0.200. The van der Waals surface area contributed by atoms with Crippen molar-refractivity contribution in [3.05, 3.63) is 20.8 Å². The van der Waals surface area contributed by atoms with Gasteiger partial charge in [-0.15, -0.1) is 11.3 Å². The molecule has 2 atom stereocenters. The summed E-state index contributed by atoms with van der Waals surface area (Å²) in [6.45, 7) is 4.35. The monoisotopic (exact) mass is 337 g/mol. The molecule has 0 fully saturated rings. The van der Waals surface area contributed by atoms with Crippen molar-refractivity contribution in [1.29, 1.82) is 0 Å². The number of amides is 1. The quantitative estimate of drug-likeness (QED) is 0.867. The van der Waals surface area contributed by atoms with Crippen LogP contribution in [0.3, 0.4) is 0 Å². The second kappa shape index (κ2) is 7.28. The fourth-order valence-electron chi connectivity index (χ4n) is 1.21. The van der Waals surface area contributed by atoms with Crippen molar-refractivity contribution >= 4 is 44.0 Å². The lowest BCUT2D eigenvalue weighted by molar-refractivity contribution is -0.120. The van der Waals surface area contributed by atoms with Crippen molar-refractivity contribution in [2.75, 3.05) is 6.54 Å². The highest BCUT2D eigenvalue weighted by Gasteiger charge is 2.20. The van der Waals surface area contributed by atoms with Crippen molar-refractivity contribution in [3.63, 3.8) is 0 Å². The summed E-state index contributed by atoms with van der Waals surface area (Å²) in [5, 5.41) is 2.31. The van der Waals surface area contributed by atoms with Crippen LogP contribution in [-0.4, -0.2) is 21.9 Å². The number of carbonyl (C=O) groups excluding carboxylic acids is 1. The molecule has 96 valence electrons. The smallest absolute Gasteiger partial charge is 0.235 e. The lowest BCUT2D eigenvalue weighted by Crippen LogP contribution is -2.36. The predicted octanol–water partition coefficient (Wildman–Crippen LogP) is 2.67. The predicted molar refractivity (Wildman–Crippen MR) is 76.6 cm³/mol. The molecule has 3 nitrogen and oxygen atoms in total. The molecule has 0 radical (unpaired) electrons. The van der Waals surface area contributed by atoms with Gasteiger partial charge in [0, 0.05) is 22.2 Å². The van der Waals surface area contributed by atoms with Gasteiger partial charge >= 0.3 is 0 Å². The van der Waals surface area contributed by atoms with Gasteiger partial charge in [0.1, 0.15) is 5.25 Å². The third-order valence-corrected chi connectivity index (χ3v) is 5.63. The first-order valence-electron chi connectivity index (χ1n) is 5.43. The minimum atomic E-state index is -1.16. The molecule has 0 aromatic carbocycles. The molecule has 0 saturated carbocycles. The van der Waals surface area contributed by atoms with Crippen LogP contribution in [0.1, 0.15) is 25.1 Å². The molecule has 1 aromatic rings. The van der Waals surface area contributed by atoms with E-state index in [2.05, 4.69) is 21.2 Å².